The summed E-state index contributed by atoms with van der Waals surface area (Å²) in [6.45, 7) is 6.07. The standard InChI is InChI=1S/C9H15N/c1-4-6-8-10-9(3)7-5-2/h5-8H,4H2,1-3H3/b7-5-,8-6-,10-9-. The van der Waals surface area contributed by atoms with Crippen LogP contribution >= 0.6 is 0 Å². The molecule has 0 aliphatic rings. The first-order valence-electron chi connectivity index (χ1n) is 3.63. The van der Waals surface area contributed by atoms with Crippen molar-refractivity contribution < 1.29 is 0 Å². The van der Waals surface area contributed by atoms with Crippen LogP contribution in [0.2, 0.25) is 0 Å². The minimum absolute atomic E-state index is 1.05. The lowest BCUT2D eigenvalue weighted by atomic mass is 10.4. The Morgan fingerprint density at radius 2 is 2.20 bits per heavy atom. The van der Waals surface area contributed by atoms with Gasteiger partial charge in [-0.05, 0) is 26.3 Å². The molecule has 0 rings (SSSR count). The lowest BCUT2D eigenvalue weighted by molar-refractivity contribution is 1.21. The topological polar surface area (TPSA) is 12.4 Å². The van der Waals surface area contributed by atoms with Gasteiger partial charge in [0, 0.05) is 11.9 Å². The summed E-state index contributed by atoms with van der Waals surface area (Å²) in [6, 6.07) is 0. The molecule has 0 amide bonds. The average molecular weight is 137 g/mol. The van der Waals surface area contributed by atoms with E-state index in [-0.39, 0.29) is 0 Å². The largest absolute Gasteiger partial charge is 0.262 e. The summed E-state index contributed by atoms with van der Waals surface area (Å²) in [5, 5.41) is 0. The SMILES string of the molecule is C\C=C/C(C)=N\C=C/CC. The van der Waals surface area contributed by atoms with E-state index in [1.165, 1.54) is 0 Å². The minimum atomic E-state index is 1.05. The Bertz CT molecular complexity index is 152. The lowest BCUT2D eigenvalue weighted by Crippen LogP contribution is -1.79. The van der Waals surface area contributed by atoms with Crippen molar-refractivity contribution in [2.75, 3.05) is 0 Å². The zero-order valence-electron chi connectivity index (χ0n) is 6.96. The number of hydrogen-bond acceptors (Lipinski definition) is 1. The van der Waals surface area contributed by atoms with Crippen LogP contribution in [0.1, 0.15) is 27.2 Å². The molecule has 56 valence electrons. The third kappa shape index (κ3) is 5.29. The third-order valence-corrected chi connectivity index (χ3v) is 1.03. The highest BCUT2D eigenvalue weighted by Crippen LogP contribution is 1.85. The van der Waals surface area contributed by atoms with Crippen molar-refractivity contribution >= 4 is 5.71 Å². The van der Waals surface area contributed by atoms with E-state index in [1.54, 1.807) is 0 Å². The minimum Gasteiger partial charge on any atom is -0.262 e. The van der Waals surface area contributed by atoms with Gasteiger partial charge in [-0.1, -0.05) is 19.1 Å². The van der Waals surface area contributed by atoms with Crippen LogP contribution in [-0.4, -0.2) is 5.71 Å². The van der Waals surface area contributed by atoms with Crippen LogP contribution in [0, 0.1) is 0 Å². The first kappa shape index (κ1) is 9.15. The molecule has 0 aromatic rings. The fraction of sp³-hybridized carbons (Fsp3) is 0.444. The predicted molar refractivity (Wildman–Crippen MR) is 47.4 cm³/mol. The summed E-state index contributed by atoms with van der Waals surface area (Å²) in [5.41, 5.74) is 1.05. The highest BCUT2D eigenvalue weighted by atomic mass is 14.7. The quantitative estimate of drug-likeness (QED) is 0.530. The van der Waals surface area contributed by atoms with Gasteiger partial charge in [-0.25, -0.2) is 0 Å². The fourth-order valence-electron chi connectivity index (χ4n) is 0.560. The van der Waals surface area contributed by atoms with Gasteiger partial charge in [0.15, 0.2) is 0 Å². The number of hydrogen-bond donors (Lipinski definition) is 0. The Kier molecular flexibility index (Phi) is 5.74. The van der Waals surface area contributed by atoms with E-state index in [9.17, 15) is 0 Å². The van der Waals surface area contributed by atoms with Crippen molar-refractivity contribution in [1.82, 2.24) is 0 Å². The molecule has 0 unspecified atom stereocenters. The smallest absolute Gasteiger partial charge is 0.0369 e. The van der Waals surface area contributed by atoms with Crippen LogP contribution in [0.15, 0.2) is 29.4 Å². The van der Waals surface area contributed by atoms with E-state index in [1.807, 2.05) is 38.3 Å². The fourth-order valence-corrected chi connectivity index (χ4v) is 0.560. The molecule has 0 radical (unpaired) electrons. The molecule has 0 saturated carbocycles. The van der Waals surface area contributed by atoms with E-state index in [2.05, 4.69) is 11.9 Å². The molecule has 0 saturated heterocycles. The van der Waals surface area contributed by atoms with Crippen molar-refractivity contribution in [3.8, 4) is 0 Å². The van der Waals surface area contributed by atoms with Gasteiger partial charge >= 0.3 is 0 Å². The lowest BCUT2D eigenvalue weighted by Gasteiger charge is -1.84. The van der Waals surface area contributed by atoms with Crippen LogP contribution in [0.4, 0.5) is 0 Å². The summed E-state index contributed by atoms with van der Waals surface area (Å²) in [5.74, 6) is 0. The monoisotopic (exact) mass is 137 g/mol. The van der Waals surface area contributed by atoms with Gasteiger partial charge in [-0.15, -0.1) is 0 Å². The zero-order valence-corrected chi connectivity index (χ0v) is 6.96. The Labute approximate surface area is 63.2 Å². The second-order valence-electron chi connectivity index (χ2n) is 2.06. The molecule has 0 bridgehead atoms. The molecule has 0 aliphatic heterocycles. The maximum atomic E-state index is 4.15. The van der Waals surface area contributed by atoms with Gasteiger partial charge in [-0.3, -0.25) is 4.99 Å². The van der Waals surface area contributed by atoms with Crippen LogP contribution in [0.5, 0.6) is 0 Å². The molecule has 0 aromatic carbocycles. The molecule has 1 nitrogen and oxygen atoms in total. The molecule has 0 fully saturated rings. The van der Waals surface area contributed by atoms with Crippen LogP contribution < -0.4 is 0 Å². The number of allylic oxidation sites excluding steroid dienone is 3. The van der Waals surface area contributed by atoms with Crippen molar-refractivity contribution in [2.24, 2.45) is 4.99 Å². The first-order chi connectivity index (χ1) is 4.81. The molecule has 0 aliphatic carbocycles. The number of nitrogens with zero attached hydrogens (tertiary/aromatic N) is 1. The predicted octanol–water partition coefficient (Wildman–Crippen LogP) is 2.95. The highest BCUT2D eigenvalue weighted by Gasteiger charge is 1.75. The Balaban J connectivity index is 3.79. The van der Waals surface area contributed by atoms with Gasteiger partial charge in [0.1, 0.15) is 0 Å². The molecule has 0 heterocycles. The molecular weight excluding hydrogens is 122 g/mol. The molecule has 0 spiro atoms. The third-order valence-electron chi connectivity index (χ3n) is 1.03. The van der Waals surface area contributed by atoms with E-state index < -0.39 is 0 Å². The van der Waals surface area contributed by atoms with Crippen LogP contribution in [0.3, 0.4) is 0 Å². The maximum absolute atomic E-state index is 4.15. The van der Waals surface area contributed by atoms with Crippen molar-refractivity contribution in [3.05, 3.63) is 24.4 Å². The van der Waals surface area contributed by atoms with Gasteiger partial charge < -0.3 is 0 Å². The molecule has 0 atom stereocenters. The summed E-state index contributed by atoms with van der Waals surface area (Å²) in [7, 11) is 0. The van der Waals surface area contributed by atoms with Gasteiger partial charge in [0.25, 0.3) is 0 Å². The Hall–Kier alpha value is -0.850. The first-order valence-corrected chi connectivity index (χ1v) is 3.63. The molecule has 0 aromatic heterocycles. The van der Waals surface area contributed by atoms with Gasteiger partial charge in [-0.2, -0.15) is 0 Å². The zero-order chi connectivity index (χ0) is 7.82. The number of aliphatic imine (C=N–C) groups is 1. The summed E-state index contributed by atoms with van der Waals surface area (Å²) < 4.78 is 0. The maximum Gasteiger partial charge on any atom is 0.0369 e. The van der Waals surface area contributed by atoms with E-state index in [4.69, 9.17) is 0 Å². The number of rotatable bonds is 3. The van der Waals surface area contributed by atoms with Gasteiger partial charge in [0.2, 0.25) is 0 Å². The molecule has 10 heavy (non-hydrogen) atoms. The second kappa shape index (κ2) is 6.27. The second-order valence-corrected chi connectivity index (χ2v) is 2.06. The Morgan fingerprint density at radius 3 is 2.70 bits per heavy atom. The van der Waals surface area contributed by atoms with Crippen molar-refractivity contribution in [3.63, 3.8) is 0 Å². The summed E-state index contributed by atoms with van der Waals surface area (Å²) in [6.07, 6.45) is 8.90. The van der Waals surface area contributed by atoms with Crippen LogP contribution in [0.25, 0.3) is 0 Å². The van der Waals surface area contributed by atoms with Crippen molar-refractivity contribution in [1.29, 1.82) is 0 Å². The van der Waals surface area contributed by atoms with Crippen LogP contribution in [-0.2, 0) is 0 Å². The molecule has 1 heteroatoms. The van der Waals surface area contributed by atoms with Crippen molar-refractivity contribution in [2.45, 2.75) is 27.2 Å². The van der Waals surface area contributed by atoms with E-state index in [0.29, 0.717) is 0 Å². The molecule has 0 N–H and O–H groups in total. The van der Waals surface area contributed by atoms with E-state index in [0.717, 1.165) is 12.1 Å². The van der Waals surface area contributed by atoms with Gasteiger partial charge in [0.05, 0.1) is 0 Å². The van der Waals surface area contributed by atoms with E-state index >= 15 is 0 Å². The summed E-state index contributed by atoms with van der Waals surface area (Å²) in [4.78, 5) is 4.15. The summed E-state index contributed by atoms with van der Waals surface area (Å²) >= 11 is 0. The normalized spacial score (nSPS) is 13.7. The average Bonchev–Trinajstić information content (AvgIpc) is 1.89. The Morgan fingerprint density at radius 1 is 1.50 bits per heavy atom. The highest BCUT2D eigenvalue weighted by molar-refractivity contribution is 5.93. The molecular formula is C9H15N.